The zero-order valence-electron chi connectivity index (χ0n) is 12.5. The van der Waals surface area contributed by atoms with Crippen LogP contribution < -0.4 is 10.5 Å². The Labute approximate surface area is 137 Å². The average Bonchev–Trinajstić information content (AvgIpc) is 3.18. The molecule has 0 unspecified atom stereocenters. The van der Waals surface area contributed by atoms with Crippen molar-refractivity contribution in [1.29, 1.82) is 0 Å². The van der Waals surface area contributed by atoms with E-state index in [1.165, 1.54) is 0 Å². The number of aromatic amines is 1. The Morgan fingerprint density at radius 1 is 1.39 bits per heavy atom. The number of amides is 1. The molecule has 4 N–H and O–H groups in total. The first-order chi connectivity index (χ1) is 11.1. The van der Waals surface area contributed by atoms with Gasteiger partial charge in [0.15, 0.2) is 0 Å². The molecular formula is C15H16N6OS. The van der Waals surface area contributed by atoms with E-state index in [0.717, 1.165) is 33.7 Å². The molecule has 1 amide bonds. The first-order valence-corrected chi connectivity index (χ1v) is 7.81. The van der Waals surface area contributed by atoms with Gasteiger partial charge in [-0.3, -0.25) is 19.7 Å². The Bertz CT molecular complexity index is 811. The van der Waals surface area contributed by atoms with E-state index < -0.39 is 0 Å². The van der Waals surface area contributed by atoms with Crippen LogP contribution in [-0.2, 0) is 18.3 Å². The van der Waals surface area contributed by atoms with Gasteiger partial charge in [-0.2, -0.15) is 10.2 Å². The lowest BCUT2D eigenvalue weighted by molar-refractivity contribution is -0.115. The second-order valence-corrected chi connectivity index (χ2v) is 5.78. The molecule has 0 spiro atoms. The van der Waals surface area contributed by atoms with Crippen molar-refractivity contribution in [1.82, 2.24) is 20.0 Å². The highest BCUT2D eigenvalue weighted by Gasteiger charge is 2.09. The van der Waals surface area contributed by atoms with Gasteiger partial charge in [0.1, 0.15) is 0 Å². The van der Waals surface area contributed by atoms with Gasteiger partial charge < -0.3 is 5.32 Å². The summed E-state index contributed by atoms with van der Waals surface area (Å²) >= 11 is 1.14. The number of nitrogens with zero attached hydrogens (tertiary/aromatic N) is 3. The Morgan fingerprint density at radius 2 is 2.26 bits per heavy atom. The fourth-order valence-corrected chi connectivity index (χ4v) is 2.63. The second-order valence-electron chi connectivity index (χ2n) is 5.07. The zero-order chi connectivity index (χ0) is 16.2. The first kappa shape index (κ1) is 15.3. The third kappa shape index (κ3) is 3.79. The van der Waals surface area contributed by atoms with Crippen LogP contribution in [0.15, 0.2) is 47.8 Å². The highest BCUT2D eigenvalue weighted by atomic mass is 32.2. The van der Waals surface area contributed by atoms with E-state index in [1.807, 2.05) is 31.4 Å². The summed E-state index contributed by atoms with van der Waals surface area (Å²) in [7, 11) is 1.86. The number of aryl methyl sites for hydroxylation is 1. The lowest BCUT2D eigenvalue weighted by atomic mass is 10.1. The van der Waals surface area contributed by atoms with Gasteiger partial charge in [-0.05, 0) is 41.8 Å². The van der Waals surface area contributed by atoms with Crippen LogP contribution in [0.25, 0.3) is 11.1 Å². The van der Waals surface area contributed by atoms with Crippen LogP contribution >= 0.6 is 11.9 Å². The molecule has 2 aromatic heterocycles. The maximum atomic E-state index is 12.1. The number of hydrogen-bond acceptors (Lipinski definition) is 5. The SMILES string of the molecule is Cn1cc(-c2cc(NC(=O)Cc3ccn[nH]3)cc(SN)c2)cn1. The van der Waals surface area contributed by atoms with Gasteiger partial charge in [-0.1, -0.05) is 0 Å². The van der Waals surface area contributed by atoms with Crippen molar-refractivity contribution in [2.24, 2.45) is 12.2 Å². The molecule has 0 aliphatic heterocycles. The van der Waals surface area contributed by atoms with Crippen molar-refractivity contribution in [3.63, 3.8) is 0 Å². The van der Waals surface area contributed by atoms with Crippen LogP contribution in [0.5, 0.6) is 0 Å². The van der Waals surface area contributed by atoms with Crippen LogP contribution in [0, 0.1) is 0 Å². The largest absolute Gasteiger partial charge is 0.326 e. The van der Waals surface area contributed by atoms with Gasteiger partial charge in [-0.15, -0.1) is 0 Å². The van der Waals surface area contributed by atoms with Crippen LogP contribution in [0.1, 0.15) is 5.69 Å². The summed E-state index contributed by atoms with van der Waals surface area (Å²) < 4.78 is 1.73. The molecule has 3 rings (SSSR count). The molecule has 0 saturated carbocycles. The second kappa shape index (κ2) is 6.67. The van der Waals surface area contributed by atoms with Crippen LogP contribution in [-0.4, -0.2) is 25.9 Å². The number of H-pyrrole nitrogens is 1. The third-order valence-electron chi connectivity index (χ3n) is 3.27. The van der Waals surface area contributed by atoms with E-state index in [0.29, 0.717) is 5.69 Å². The number of anilines is 1. The van der Waals surface area contributed by atoms with E-state index in [1.54, 1.807) is 23.1 Å². The van der Waals surface area contributed by atoms with Crippen molar-refractivity contribution >= 4 is 23.5 Å². The lowest BCUT2D eigenvalue weighted by Gasteiger charge is -2.09. The van der Waals surface area contributed by atoms with E-state index in [-0.39, 0.29) is 12.3 Å². The zero-order valence-corrected chi connectivity index (χ0v) is 13.3. The smallest absolute Gasteiger partial charge is 0.230 e. The van der Waals surface area contributed by atoms with Gasteiger partial charge in [0.2, 0.25) is 5.91 Å². The number of rotatable bonds is 5. The van der Waals surface area contributed by atoms with Gasteiger partial charge in [0.25, 0.3) is 0 Å². The van der Waals surface area contributed by atoms with Crippen molar-refractivity contribution in [3.05, 3.63) is 48.5 Å². The van der Waals surface area contributed by atoms with E-state index in [9.17, 15) is 4.79 Å². The molecule has 3 aromatic rings. The molecular weight excluding hydrogens is 312 g/mol. The molecule has 23 heavy (non-hydrogen) atoms. The summed E-state index contributed by atoms with van der Waals surface area (Å²) in [5.41, 5.74) is 3.38. The number of nitrogens with two attached hydrogens (primary N) is 1. The Balaban J connectivity index is 1.82. The van der Waals surface area contributed by atoms with Crippen LogP contribution in [0.2, 0.25) is 0 Å². The molecule has 118 valence electrons. The molecule has 0 fully saturated rings. The highest BCUT2D eigenvalue weighted by molar-refractivity contribution is 7.97. The van der Waals surface area contributed by atoms with Crippen molar-refractivity contribution in [2.45, 2.75) is 11.3 Å². The number of carbonyl (C=O) groups excluding carboxylic acids is 1. The predicted molar refractivity (Wildman–Crippen MR) is 89.6 cm³/mol. The minimum absolute atomic E-state index is 0.120. The van der Waals surface area contributed by atoms with Gasteiger partial charge >= 0.3 is 0 Å². The average molecular weight is 328 g/mol. The molecule has 0 atom stereocenters. The quantitative estimate of drug-likeness (QED) is 0.621. The maximum absolute atomic E-state index is 12.1. The number of benzene rings is 1. The third-order valence-corrected chi connectivity index (χ3v) is 3.78. The molecule has 8 heteroatoms. The Morgan fingerprint density at radius 3 is 2.91 bits per heavy atom. The summed E-state index contributed by atoms with van der Waals surface area (Å²) in [6.07, 6.45) is 5.55. The van der Waals surface area contributed by atoms with Crippen LogP contribution in [0.4, 0.5) is 5.69 Å². The number of hydrogen-bond donors (Lipinski definition) is 3. The topological polar surface area (TPSA) is 102 Å². The van der Waals surface area contributed by atoms with E-state index in [4.69, 9.17) is 5.14 Å². The number of aromatic nitrogens is 4. The number of nitrogens with one attached hydrogen (secondary N) is 2. The molecule has 2 heterocycles. The monoisotopic (exact) mass is 328 g/mol. The fourth-order valence-electron chi connectivity index (χ4n) is 2.24. The van der Waals surface area contributed by atoms with Crippen LogP contribution in [0.3, 0.4) is 0 Å². The lowest BCUT2D eigenvalue weighted by Crippen LogP contribution is -2.14. The molecule has 0 radical (unpaired) electrons. The number of carbonyl (C=O) groups is 1. The molecule has 0 aliphatic rings. The Hall–Kier alpha value is -2.58. The summed E-state index contributed by atoms with van der Waals surface area (Å²) in [6, 6.07) is 7.48. The van der Waals surface area contributed by atoms with Gasteiger partial charge in [-0.25, -0.2) is 0 Å². The summed E-state index contributed by atoms with van der Waals surface area (Å²) in [4.78, 5) is 13.0. The molecule has 0 aliphatic carbocycles. The van der Waals surface area contributed by atoms with Gasteiger partial charge in [0, 0.05) is 41.3 Å². The van der Waals surface area contributed by atoms with Crippen molar-refractivity contribution in [3.8, 4) is 11.1 Å². The normalized spacial score (nSPS) is 10.7. The summed E-state index contributed by atoms with van der Waals surface area (Å²) in [6.45, 7) is 0. The predicted octanol–water partition coefficient (Wildman–Crippen LogP) is 1.96. The molecule has 1 aromatic carbocycles. The molecule has 7 nitrogen and oxygen atoms in total. The minimum Gasteiger partial charge on any atom is -0.326 e. The van der Waals surface area contributed by atoms with Crippen molar-refractivity contribution < 1.29 is 4.79 Å². The summed E-state index contributed by atoms with van der Waals surface area (Å²) in [5.74, 6) is -0.120. The maximum Gasteiger partial charge on any atom is 0.230 e. The Kier molecular flexibility index (Phi) is 4.45. The van der Waals surface area contributed by atoms with Crippen molar-refractivity contribution in [2.75, 3.05) is 5.32 Å². The standard InChI is InChI=1S/C15H16N6OS/c1-21-9-11(8-18-21)10-4-13(6-14(5-10)23-16)19-15(22)7-12-2-3-17-20-12/h2-6,8-9H,7,16H2,1H3,(H,17,20)(H,19,22). The highest BCUT2D eigenvalue weighted by Crippen LogP contribution is 2.28. The van der Waals surface area contributed by atoms with Gasteiger partial charge in [0.05, 0.1) is 12.6 Å². The molecule has 0 bridgehead atoms. The van der Waals surface area contributed by atoms with E-state index in [2.05, 4.69) is 20.6 Å². The summed E-state index contributed by atoms with van der Waals surface area (Å²) in [5, 5.41) is 19.3. The van der Waals surface area contributed by atoms with E-state index >= 15 is 0 Å². The first-order valence-electron chi connectivity index (χ1n) is 6.93. The fraction of sp³-hybridized carbons (Fsp3) is 0.133. The minimum atomic E-state index is -0.120. The molecule has 0 saturated heterocycles.